The molecular weight excluding hydrogens is 1250 g/mol. The van der Waals surface area contributed by atoms with Gasteiger partial charge in [-0.1, -0.05) is 106 Å². The summed E-state index contributed by atoms with van der Waals surface area (Å²) in [4.78, 5) is 128. The van der Waals surface area contributed by atoms with E-state index in [9.17, 15) is 43.2 Å². The van der Waals surface area contributed by atoms with E-state index in [1.807, 2.05) is 41.5 Å². The Kier molecular flexibility index (Phi) is 20.3. The minimum absolute atomic E-state index is 0.0331. The number of nitrogens with two attached hydrogens (primary N) is 2. The van der Waals surface area contributed by atoms with E-state index in [0.717, 1.165) is 33.4 Å². The lowest BCUT2D eigenvalue weighted by molar-refractivity contribution is -0.143. The van der Waals surface area contributed by atoms with E-state index < -0.39 is 120 Å². The fourth-order valence-corrected chi connectivity index (χ4v) is 10.7. The molecule has 1 amide bonds. The number of rotatable bonds is 18. The third-order valence-corrected chi connectivity index (χ3v) is 16.2. The highest BCUT2D eigenvalue weighted by Gasteiger charge is 2.63. The van der Waals surface area contributed by atoms with Crippen LogP contribution in [0.4, 0.5) is 11.9 Å². The molecule has 0 spiro atoms. The molecule has 0 radical (unpaired) electrons. The van der Waals surface area contributed by atoms with Gasteiger partial charge in [-0.05, 0) is 128 Å². The highest BCUT2D eigenvalue weighted by molar-refractivity contribution is 5.93. The van der Waals surface area contributed by atoms with Crippen LogP contribution in [0.5, 0.6) is 0 Å². The number of carbonyl (C=O) groups excluding carboxylic acids is 7. The molecule has 27 heteroatoms. The van der Waals surface area contributed by atoms with Crippen LogP contribution in [0.2, 0.25) is 0 Å². The zero-order chi connectivity index (χ0) is 69.5. The molecule has 2 fully saturated rings. The van der Waals surface area contributed by atoms with E-state index in [2.05, 4.69) is 35.6 Å². The van der Waals surface area contributed by atoms with Gasteiger partial charge in [0.05, 0.1) is 46.1 Å². The van der Waals surface area contributed by atoms with Gasteiger partial charge in [-0.25, -0.2) is 38.3 Å². The number of hydrogen-bond donors (Lipinski definition) is 5. The lowest BCUT2D eigenvalue weighted by Gasteiger charge is -2.34. The van der Waals surface area contributed by atoms with Gasteiger partial charge in [0.2, 0.25) is 11.9 Å². The van der Waals surface area contributed by atoms with Crippen LogP contribution < -0.4 is 27.9 Å². The lowest BCUT2D eigenvalue weighted by Crippen LogP contribution is -2.56. The van der Waals surface area contributed by atoms with Crippen LogP contribution in [0.3, 0.4) is 0 Å². The first-order valence-electron chi connectivity index (χ1n) is 30.4. The highest BCUT2D eigenvalue weighted by atomic mass is 16.7. The summed E-state index contributed by atoms with van der Waals surface area (Å²) in [5, 5.41) is 14.1. The fourth-order valence-electron chi connectivity index (χ4n) is 10.7. The van der Waals surface area contributed by atoms with Gasteiger partial charge in [0.25, 0.3) is 17.0 Å². The molecule has 6 aromatic carbocycles. The minimum atomic E-state index is -1.98. The van der Waals surface area contributed by atoms with Gasteiger partial charge in [0.15, 0.2) is 47.0 Å². The van der Waals surface area contributed by atoms with Crippen molar-refractivity contribution < 1.29 is 71.5 Å². The number of aromatic nitrogens is 7. The van der Waals surface area contributed by atoms with Crippen LogP contribution >= 0.6 is 0 Å². The summed E-state index contributed by atoms with van der Waals surface area (Å²) in [7, 11) is 0. The Morgan fingerprint density at radius 2 is 0.866 bits per heavy atom. The Morgan fingerprint density at radius 3 is 1.29 bits per heavy atom. The van der Waals surface area contributed by atoms with Gasteiger partial charge in [0.1, 0.15) is 31.1 Å². The molecule has 27 nitrogen and oxygen atoms in total. The molecule has 2 aliphatic heterocycles. The Bertz CT molecular complexity index is 4540. The van der Waals surface area contributed by atoms with Crippen molar-refractivity contribution in [2.24, 2.45) is 0 Å². The minimum Gasteiger partial charge on any atom is -0.459 e. The molecule has 2 saturated heterocycles. The molecule has 0 bridgehead atoms. The smallest absolute Gasteiger partial charge is 0.338 e. The summed E-state index contributed by atoms with van der Waals surface area (Å²) in [5.41, 5.74) is 13.1. The zero-order valence-corrected chi connectivity index (χ0v) is 53.9. The number of anilines is 2. The quantitative estimate of drug-likeness (QED) is 0.0434. The molecule has 500 valence electrons. The van der Waals surface area contributed by atoms with E-state index in [1.54, 1.807) is 146 Å². The average molecular weight is 1320 g/mol. The van der Waals surface area contributed by atoms with Crippen LogP contribution in [-0.4, -0.2) is 131 Å². The first-order chi connectivity index (χ1) is 46.3. The Balaban J connectivity index is 0.000000211. The summed E-state index contributed by atoms with van der Waals surface area (Å²) in [5.74, 6) is -5.67. The first kappa shape index (κ1) is 68.2. The Labute approximate surface area is 553 Å². The third kappa shape index (κ3) is 15.6. The summed E-state index contributed by atoms with van der Waals surface area (Å²) < 4.78 is 49.2. The van der Waals surface area contributed by atoms with E-state index in [-0.39, 0.29) is 56.7 Å². The summed E-state index contributed by atoms with van der Waals surface area (Å²) in [6.45, 7) is 12.9. The van der Waals surface area contributed by atoms with Crippen molar-refractivity contribution >= 4 is 59.1 Å². The number of H-pyrrole nitrogens is 2. The number of benzene rings is 6. The maximum atomic E-state index is 13.8. The second-order valence-electron chi connectivity index (χ2n) is 23.8. The summed E-state index contributed by atoms with van der Waals surface area (Å²) in [6.07, 6.45) is -6.90. The normalized spacial score (nSPS) is 20.1. The number of nitrogens with zero attached hydrogens (tertiary/aromatic N) is 5. The molecule has 11 rings (SSSR count). The maximum absolute atomic E-state index is 13.8. The molecule has 3 aromatic heterocycles. The molecule has 7 N–H and O–H groups in total. The van der Waals surface area contributed by atoms with E-state index in [1.165, 1.54) is 24.6 Å². The van der Waals surface area contributed by atoms with Gasteiger partial charge in [-0.2, -0.15) is 0 Å². The van der Waals surface area contributed by atoms with Crippen LogP contribution in [0.1, 0.15) is 127 Å². The fraction of sp³-hybridized carbons (Fsp3) is 0.271. The second kappa shape index (κ2) is 28.9. The van der Waals surface area contributed by atoms with Crippen molar-refractivity contribution in [1.82, 2.24) is 40.1 Å². The number of carbonyl (C=O) groups is 7. The third-order valence-electron chi connectivity index (χ3n) is 16.2. The number of ether oxygens (including phenoxy) is 8. The number of amides is 1. The van der Waals surface area contributed by atoms with Crippen LogP contribution in [0.15, 0.2) is 161 Å². The van der Waals surface area contributed by atoms with Crippen molar-refractivity contribution in [1.29, 1.82) is 0 Å². The van der Waals surface area contributed by atoms with Crippen LogP contribution in [0.25, 0.3) is 5.52 Å². The summed E-state index contributed by atoms with van der Waals surface area (Å²) in [6, 6.07) is 40.0. The van der Waals surface area contributed by atoms with Crippen molar-refractivity contribution in [3.8, 4) is 0 Å². The maximum Gasteiger partial charge on any atom is 0.338 e. The van der Waals surface area contributed by atoms with Gasteiger partial charge >= 0.3 is 35.8 Å². The number of nitrogens with one attached hydrogen (secondary N) is 3. The number of aromatic amines is 2. The molecule has 9 aromatic rings. The van der Waals surface area contributed by atoms with Gasteiger partial charge in [-0.15, -0.1) is 15.3 Å². The zero-order valence-electron chi connectivity index (χ0n) is 53.9. The number of hydrogen-bond acceptors (Lipinski definition) is 23. The van der Waals surface area contributed by atoms with Crippen molar-refractivity contribution in [2.75, 3.05) is 24.7 Å². The van der Waals surface area contributed by atoms with Gasteiger partial charge in [0, 0.05) is 0 Å². The number of esters is 6. The molecule has 0 unspecified atom stereocenters. The van der Waals surface area contributed by atoms with Crippen molar-refractivity contribution in [3.05, 3.63) is 251 Å². The van der Waals surface area contributed by atoms with Crippen LogP contribution in [0, 0.1) is 41.5 Å². The predicted octanol–water partition coefficient (Wildman–Crippen LogP) is 6.82. The van der Waals surface area contributed by atoms with Crippen molar-refractivity contribution in [2.45, 2.75) is 110 Å². The average Bonchev–Trinajstić information content (AvgIpc) is 1.59. The molecule has 0 saturated carbocycles. The first-order valence-corrected chi connectivity index (χ1v) is 30.4. The number of nitrogen functional groups attached to an aromatic ring is 2. The largest absolute Gasteiger partial charge is 0.459 e. The topological polar surface area (TPSA) is 379 Å². The monoisotopic (exact) mass is 1320 g/mol. The molecular formula is C70H68N10O17. The Morgan fingerprint density at radius 1 is 0.495 bits per heavy atom. The predicted molar refractivity (Wildman–Crippen MR) is 347 cm³/mol. The highest BCUT2D eigenvalue weighted by Crippen LogP contribution is 2.46. The van der Waals surface area contributed by atoms with Crippen LogP contribution in [-0.2, 0) is 49.2 Å². The standard InChI is InChI=1S/C35H35N5O9.C35H33N5O8/c1-19-5-11-22(12-6-19)31(43)46-18-26-27(48-32(44)23-13-7-20(2)8-14-23)35(4,49-33(45)24-15-9-21(3)10-16-24)28(47-26)30(42)37-17-25-29(41)38-34(36)40-39-25;1-19-5-11-22(12-6-19)31(42)45-18-26-27(47-32(43)23-13-7-20(2)8-14-23)35(4,48-33(44)24-15-9-21(3)10-16-24)28(46-26)29-37-17-25-30(41)38-34(36)39-40(25)29/h5-16,26-28H,17-18H2,1-4H3,(H,37,42)(H3,36,38,40,41);5-17,26-28H,18H2,1-4H3,(H3,36,38,39,41)/t2*26-,27-,28+,35-/m11/s1. The summed E-state index contributed by atoms with van der Waals surface area (Å²) >= 11 is 0. The van der Waals surface area contributed by atoms with E-state index in [0.29, 0.717) is 5.56 Å². The van der Waals surface area contributed by atoms with E-state index >= 15 is 0 Å². The Hall–Kier alpha value is -11.7. The van der Waals surface area contributed by atoms with Crippen molar-refractivity contribution in [3.63, 3.8) is 0 Å². The number of fused-ring (bicyclic) bond motifs is 1. The van der Waals surface area contributed by atoms with E-state index in [4.69, 9.17) is 49.4 Å². The molecule has 97 heavy (non-hydrogen) atoms. The molecule has 0 aliphatic carbocycles. The number of aryl methyl sites for hydroxylation is 6. The SMILES string of the molecule is Cc1ccc(C(=O)OC[C@H]2O[C@@H](C(=O)NCc3nnc(N)[nH]c3=O)[C@](C)(OC(=O)c3ccc(C)cc3)[C@@H]2OC(=O)c2ccc(C)cc2)cc1.Cc1ccc(C(=O)OC[C@H]2O[C@@H](c3ncc4c(=O)[nH]c(N)nn34)[C@](C)(OC(=O)c3ccc(C)cc3)[C@@H]2OC(=O)c2ccc(C)cc2)cc1. The molecule has 5 heterocycles. The second-order valence-corrected chi connectivity index (χ2v) is 23.8. The van der Waals surface area contributed by atoms with Gasteiger partial charge in [-0.3, -0.25) is 24.4 Å². The lowest BCUT2D eigenvalue weighted by atomic mass is 9.91. The molecule has 2 aliphatic rings. The number of imidazole rings is 1. The van der Waals surface area contributed by atoms with Gasteiger partial charge < -0.3 is 54.7 Å². The molecule has 8 atom stereocenters.